The van der Waals surface area contributed by atoms with Crippen molar-refractivity contribution in [2.24, 2.45) is 11.7 Å². The maximum Gasteiger partial charge on any atom is 0.248 e. The molecule has 2 unspecified atom stereocenters. The summed E-state index contributed by atoms with van der Waals surface area (Å²) in [6.45, 7) is 1.16. The van der Waals surface area contributed by atoms with Crippen molar-refractivity contribution >= 4 is 5.91 Å². The fourth-order valence-electron chi connectivity index (χ4n) is 2.35. The van der Waals surface area contributed by atoms with E-state index in [1.54, 1.807) is 6.07 Å². The van der Waals surface area contributed by atoms with E-state index in [9.17, 15) is 4.79 Å². The predicted molar refractivity (Wildman–Crippen MR) is 66.8 cm³/mol. The van der Waals surface area contributed by atoms with Crippen LogP contribution < -0.4 is 11.1 Å². The molecule has 0 aliphatic heterocycles. The predicted octanol–water partition coefficient (Wildman–Crippen LogP) is 1.64. The van der Waals surface area contributed by atoms with E-state index in [4.69, 9.17) is 5.73 Å². The van der Waals surface area contributed by atoms with E-state index in [1.165, 1.54) is 24.8 Å². The van der Waals surface area contributed by atoms with Gasteiger partial charge < -0.3 is 11.1 Å². The van der Waals surface area contributed by atoms with Crippen molar-refractivity contribution in [3.8, 4) is 0 Å². The van der Waals surface area contributed by atoms with Crippen LogP contribution >= 0.6 is 0 Å². The minimum absolute atomic E-state index is 0.338. The highest BCUT2D eigenvalue weighted by atomic mass is 16.1. The minimum atomic E-state index is -0.338. The van der Waals surface area contributed by atoms with Gasteiger partial charge in [-0.2, -0.15) is 0 Å². The molecule has 2 saturated carbocycles. The molecule has 2 aliphatic carbocycles. The lowest BCUT2D eigenvalue weighted by atomic mass is 10.1. The smallest absolute Gasteiger partial charge is 0.248 e. The van der Waals surface area contributed by atoms with E-state index in [0.29, 0.717) is 17.5 Å². The molecule has 0 spiro atoms. The summed E-state index contributed by atoms with van der Waals surface area (Å²) in [6.07, 6.45) is 3.97. The van der Waals surface area contributed by atoms with Crippen LogP contribution in [0.25, 0.3) is 0 Å². The van der Waals surface area contributed by atoms with Gasteiger partial charge in [0, 0.05) is 17.5 Å². The first-order valence-electron chi connectivity index (χ1n) is 6.37. The maximum atomic E-state index is 11.1. The molecule has 3 N–H and O–H groups in total. The number of carbonyl (C=O) groups is 1. The van der Waals surface area contributed by atoms with Crippen LogP contribution in [0.15, 0.2) is 24.3 Å². The molecule has 2 atom stereocenters. The number of nitrogens with one attached hydrogen (secondary N) is 1. The van der Waals surface area contributed by atoms with Crippen molar-refractivity contribution in [2.45, 2.75) is 31.2 Å². The van der Waals surface area contributed by atoms with Gasteiger partial charge in [0.25, 0.3) is 0 Å². The number of nitrogens with two attached hydrogens (primary N) is 1. The molecule has 1 aromatic rings. The first kappa shape index (κ1) is 10.8. The molecule has 17 heavy (non-hydrogen) atoms. The Kier molecular flexibility index (Phi) is 2.63. The topological polar surface area (TPSA) is 55.1 Å². The van der Waals surface area contributed by atoms with Gasteiger partial charge in [-0.1, -0.05) is 12.1 Å². The van der Waals surface area contributed by atoms with Crippen LogP contribution in [0.2, 0.25) is 0 Å². The Morgan fingerprint density at radius 1 is 1.41 bits per heavy atom. The van der Waals surface area contributed by atoms with Crippen LogP contribution in [0, 0.1) is 5.92 Å². The van der Waals surface area contributed by atoms with Crippen LogP contribution in [0.3, 0.4) is 0 Å². The molecule has 3 heteroatoms. The molecule has 3 nitrogen and oxygen atoms in total. The lowest BCUT2D eigenvalue weighted by molar-refractivity contribution is 0.1000. The first-order chi connectivity index (χ1) is 8.24. The number of primary amides is 1. The Morgan fingerprint density at radius 3 is 2.94 bits per heavy atom. The van der Waals surface area contributed by atoms with Gasteiger partial charge in [0.1, 0.15) is 0 Å². The summed E-state index contributed by atoms with van der Waals surface area (Å²) >= 11 is 0. The van der Waals surface area contributed by atoms with E-state index in [1.807, 2.05) is 12.1 Å². The summed E-state index contributed by atoms with van der Waals surface area (Å²) < 4.78 is 0. The molecule has 0 heterocycles. The largest absolute Gasteiger partial charge is 0.366 e. The summed E-state index contributed by atoms with van der Waals surface area (Å²) in [5, 5.41) is 3.60. The van der Waals surface area contributed by atoms with Gasteiger partial charge in [-0.3, -0.25) is 4.79 Å². The lowest BCUT2D eigenvalue weighted by Gasteiger charge is -2.04. The average molecular weight is 230 g/mol. The quantitative estimate of drug-likeness (QED) is 0.808. The Bertz CT molecular complexity index is 440. The second-order valence-electron chi connectivity index (χ2n) is 5.29. The zero-order valence-electron chi connectivity index (χ0n) is 9.86. The second kappa shape index (κ2) is 4.15. The fraction of sp³-hybridized carbons (Fsp3) is 0.500. The van der Waals surface area contributed by atoms with E-state index in [-0.39, 0.29) is 5.91 Å². The van der Waals surface area contributed by atoms with Crippen molar-refractivity contribution in [2.75, 3.05) is 6.54 Å². The number of hydrogen-bond acceptors (Lipinski definition) is 2. The highest BCUT2D eigenvalue weighted by Gasteiger charge is 2.39. The van der Waals surface area contributed by atoms with Gasteiger partial charge in [-0.25, -0.2) is 0 Å². The van der Waals surface area contributed by atoms with Crippen LogP contribution in [-0.2, 0) is 0 Å². The molecule has 0 bridgehead atoms. The third-order valence-corrected chi connectivity index (χ3v) is 3.76. The van der Waals surface area contributed by atoms with Crippen molar-refractivity contribution in [1.29, 1.82) is 0 Å². The second-order valence-corrected chi connectivity index (χ2v) is 5.29. The van der Waals surface area contributed by atoms with Crippen molar-refractivity contribution in [3.63, 3.8) is 0 Å². The molecule has 1 amide bonds. The summed E-state index contributed by atoms with van der Waals surface area (Å²) in [6, 6.07) is 8.34. The molecule has 2 fully saturated rings. The van der Waals surface area contributed by atoms with Crippen LogP contribution in [-0.4, -0.2) is 18.5 Å². The number of carbonyl (C=O) groups excluding carboxylic acids is 1. The van der Waals surface area contributed by atoms with E-state index >= 15 is 0 Å². The molecule has 90 valence electrons. The van der Waals surface area contributed by atoms with Gasteiger partial charge in [0.05, 0.1) is 0 Å². The summed E-state index contributed by atoms with van der Waals surface area (Å²) in [7, 11) is 0. The van der Waals surface area contributed by atoms with E-state index < -0.39 is 0 Å². The Morgan fingerprint density at radius 2 is 2.24 bits per heavy atom. The number of hydrogen-bond donors (Lipinski definition) is 2. The Labute approximate surface area is 101 Å². The average Bonchev–Trinajstić information content (AvgIpc) is 3.21. The third-order valence-electron chi connectivity index (χ3n) is 3.76. The fourth-order valence-corrected chi connectivity index (χ4v) is 2.35. The van der Waals surface area contributed by atoms with Crippen molar-refractivity contribution in [3.05, 3.63) is 35.4 Å². The monoisotopic (exact) mass is 230 g/mol. The highest BCUT2D eigenvalue weighted by Crippen LogP contribution is 2.41. The van der Waals surface area contributed by atoms with E-state index in [2.05, 4.69) is 11.4 Å². The molecule has 3 rings (SSSR count). The third kappa shape index (κ3) is 2.50. The van der Waals surface area contributed by atoms with Gasteiger partial charge in [-0.05, 0) is 49.4 Å². The van der Waals surface area contributed by atoms with E-state index in [0.717, 1.165) is 12.5 Å². The van der Waals surface area contributed by atoms with Crippen LogP contribution in [0.5, 0.6) is 0 Å². The molecule has 0 saturated heterocycles. The Hall–Kier alpha value is -1.35. The number of amides is 1. The standard InChI is InChI=1S/C14H18N2O/c15-14(17)11-3-1-2-10(6-11)12-7-13(12)16-8-9-4-5-9/h1-3,6,9,12-13,16H,4-5,7-8H2,(H2,15,17). The first-order valence-corrected chi connectivity index (χ1v) is 6.37. The van der Waals surface area contributed by atoms with Crippen LogP contribution in [0.4, 0.5) is 0 Å². The Balaban J connectivity index is 1.61. The molecular formula is C14H18N2O. The van der Waals surface area contributed by atoms with Gasteiger partial charge in [-0.15, -0.1) is 0 Å². The molecule has 1 aromatic carbocycles. The van der Waals surface area contributed by atoms with Crippen LogP contribution in [0.1, 0.15) is 41.1 Å². The number of benzene rings is 1. The molecule has 0 aromatic heterocycles. The zero-order chi connectivity index (χ0) is 11.8. The maximum absolute atomic E-state index is 11.1. The zero-order valence-corrected chi connectivity index (χ0v) is 9.86. The normalized spacial score (nSPS) is 26.8. The van der Waals surface area contributed by atoms with Gasteiger partial charge in [0.2, 0.25) is 5.91 Å². The number of rotatable bonds is 5. The lowest BCUT2D eigenvalue weighted by Crippen LogP contribution is -2.20. The summed E-state index contributed by atoms with van der Waals surface area (Å²) in [4.78, 5) is 11.1. The molecule has 2 aliphatic rings. The SMILES string of the molecule is NC(=O)c1cccc(C2CC2NCC2CC2)c1. The van der Waals surface area contributed by atoms with Crippen molar-refractivity contribution < 1.29 is 4.79 Å². The summed E-state index contributed by atoms with van der Waals surface area (Å²) in [5.41, 5.74) is 7.16. The summed E-state index contributed by atoms with van der Waals surface area (Å²) in [5.74, 6) is 1.16. The molecule has 0 radical (unpaired) electrons. The van der Waals surface area contributed by atoms with Gasteiger partial charge >= 0.3 is 0 Å². The van der Waals surface area contributed by atoms with Gasteiger partial charge in [0.15, 0.2) is 0 Å². The van der Waals surface area contributed by atoms with Crippen molar-refractivity contribution in [1.82, 2.24) is 5.32 Å². The highest BCUT2D eigenvalue weighted by molar-refractivity contribution is 5.92. The minimum Gasteiger partial charge on any atom is -0.366 e. The molecular weight excluding hydrogens is 212 g/mol.